The summed E-state index contributed by atoms with van der Waals surface area (Å²) in [6, 6.07) is 0. The molecule has 1 fully saturated rings. The van der Waals surface area contributed by atoms with Crippen molar-refractivity contribution >= 4 is 0 Å². The van der Waals surface area contributed by atoms with Gasteiger partial charge in [0.25, 0.3) is 0 Å². The molecule has 1 rings (SSSR count). The van der Waals surface area contributed by atoms with Crippen LogP contribution in [0, 0.1) is 23.7 Å². The Bertz CT molecular complexity index is 180. The molecule has 0 aromatic rings. The van der Waals surface area contributed by atoms with Crippen molar-refractivity contribution in [2.75, 3.05) is 0 Å². The highest BCUT2D eigenvalue weighted by Gasteiger charge is 2.51. The molecule has 1 aliphatic rings. The van der Waals surface area contributed by atoms with Crippen LogP contribution in [0.2, 0.25) is 0 Å². The lowest BCUT2D eigenvalue weighted by Crippen LogP contribution is -2.20. The zero-order valence-electron chi connectivity index (χ0n) is 7.30. The predicted molar refractivity (Wildman–Crippen MR) is 46.0 cm³/mol. The van der Waals surface area contributed by atoms with Gasteiger partial charge in [0.05, 0.1) is 6.10 Å². The molecule has 0 saturated heterocycles. The zero-order valence-corrected chi connectivity index (χ0v) is 7.30. The second kappa shape index (κ2) is 2.87. The number of rotatable bonds is 3. The molecule has 1 N–H and O–H groups in total. The normalized spacial score (nSPS) is 37.8. The first kappa shape index (κ1) is 8.62. The molecule has 3 atom stereocenters. The van der Waals surface area contributed by atoms with Crippen molar-refractivity contribution in [3.63, 3.8) is 0 Å². The average molecular weight is 152 g/mol. The van der Waals surface area contributed by atoms with Gasteiger partial charge in [0.2, 0.25) is 0 Å². The lowest BCUT2D eigenvalue weighted by Gasteiger charge is -2.17. The molecule has 1 heteroatoms. The van der Waals surface area contributed by atoms with Crippen molar-refractivity contribution in [2.24, 2.45) is 11.3 Å². The summed E-state index contributed by atoms with van der Waals surface area (Å²) in [4.78, 5) is 0. The Morgan fingerprint density at radius 3 is 2.73 bits per heavy atom. The Balaban J connectivity index is 2.32. The van der Waals surface area contributed by atoms with Crippen LogP contribution in [0.3, 0.4) is 0 Å². The van der Waals surface area contributed by atoms with Crippen LogP contribution in [-0.2, 0) is 0 Å². The zero-order chi connectivity index (χ0) is 8.48. The Labute approximate surface area is 68.8 Å². The molecule has 0 aromatic heterocycles. The van der Waals surface area contributed by atoms with Gasteiger partial charge in [-0.05, 0) is 24.2 Å². The Morgan fingerprint density at radius 2 is 2.36 bits per heavy atom. The van der Waals surface area contributed by atoms with E-state index in [1.54, 1.807) is 0 Å². The van der Waals surface area contributed by atoms with Gasteiger partial charge < -0.3 is 5.11 Å². The summed E-state index contributed by atoms with van der Waals surface area (Å²) >= 11 is 0. The fourth-order valence-corrected chi connectivity index (χ4v) is 1.62. The minimum absolute atomic E-state index is 0.177. The monoisotopic (exact) mass is 152 g/mol. The molecule has 0 bridgehead atoms. The van der Waals surface area contributed by atoms with Crippen LogP contribution >= 0.6 is 0 Å². The molecule has 11 heavy (non-hydrogen) atoms. The Morgan fingerprint density at radius 1 is 1.82 bits per heavy atom. The molecular weight excluding hydrogens is 136 g/mol. The van der Waals surface area contributed by atoms with Crippen molar-refractivity contribution < 1.29 is 5.11 Å². The van der Waals surface area contributed by atoms with E-state index in [9.17, 15) is 5.11 Å². The van der Waals surface area contributed by atoms with Crippen molar-refractivity contribution in [3.05, 3.63) is 0 Å². The van der Waals surface area contributed by atoms with Gasteiger partial charge in [-0.3, -0.25) is 0 Å². The quantitative estimate of drug-likeness (QED) is 0.611. The van der Waals surface area contributed by atoms with Crippen LogP contribution in [0.15, 0.2) is 0 Å². The van der Waals surface area contributed by atoms with Gasteiger partial charge in [0, 0.05) is 6.42 Å². The molecule has 1 saturated carbocycles. The minimum Gasteiger partial charge on any atom is -0.393 e. The Hall–Kier alpha value is -0.480. The maximum absolute atomic E-state index is 9.65. The lowest BCUT2D eigenvalue weighted by molar-refractivity contribution is 0.0878. The molecular formula is C10H16O. The summed E-state index contributed by atoms with van der Waals surface area (Å²) in [5.41, 5.74) is 0.177. The van der Waals surface area contributed by atoms with E-state index < -0.39 is 0 Å². The fraction of sp³-hybridized carbons (Fsp3) is 0.800. The predicted octanol–water partition coefficient (Wildman–Crippen LogP) is 1.81. The third kappa shape index (κ3) is 1.57. The van der Waals surface area contributed by atoms with E-state index in [2.05, 4.69) is 19.8 Å². The maximum atomic E-state index is 9.65. The summed E-state index contributed by atoms with van der Waals surface area (Å²) in [7, 11) is 0. The molecule has 0 radical (unpaired) electrons. The van der Waals surface area contributed by atoms with Gasteiger partial charge in [-0.25, -0.2) is 0 Å². The molecule has 1 unspecified atom stereocenters. The van der Waals surface area contributed by atoms with Gasteiger partial charge >= 0.3 is 0 Å². The molecule has 0 aliphatic heterocycles. The second-order valence-corrected chi connectivity index (χ2v) is 3.87. The fourth-order valence-electron chi connectivity index (χ4n) is 1.62. The third-order valence-corrected chi connectivity index (χ3v) is 3.04. The van der Waals surface area contributed by atoms with Crippen LogP contribution < -0.4 is 0 Å². The number of hydrogen-bond acceptors (Lipinski definition) is 1. The second-order valence-electron chi connectivity index (χ2n) is 3.87. The van der Waals surface area contributed by atoms with Crippen LogP contribution in [0.4, 0.5) is 0 Å². The summed E-state index contributed by atoms with van der Waals surface area (Å²) in [5.74, 6) is 3.23. The maximum Gasteiger partial charge on any atom is 0.0605 e. The number of aliphatic hydroxyl groups excluding tert-OH is 1. The average Bonchev–Trinajstić information content (AvgIpc) is 2.56. The number of aliphatic hydroxyl groups is 1. The van der Waals surface area contributed by atoms with Gasteiger partial charge in [0.15, 0.2) is 0 Å². The molecule has 0 amide bonds. The van der Waals surface area contributed by atoms with E-state index in [1.165, 1.54) is 0 Å². The standard InChI is InChI=1S/C10H16O/c1-4-5-6-9(11)10(3)7-8(10)2/h1,8-9,11H,5-7H2,2-3H3/t8-,9?,10-/m0/s1. The van der Waals surface area contributed by atoms with Crippen molar-refractivity contribution in [1.29, 1.82) is 0 Å². The third-order valence-electron chi connectivity index (χ3n) is 3.04. The topological polar surface area (TPSA) is 20.2 Å². The van der Waals surface area contributed by atoms with E-state index in [0.29, 0.717) is 12.3 Å². The molecule has 1 aliphatic carbocycles. The minimum atomic E-state index is -0.187. The summed E-state index contributed by atoms with van der Waals surface area (Å²) in [5, 5.41) is 9.65. The van der Waals surface area contributed by atoms with Gasteiger partial charge in [-0.1, -0.05) is 13.8 Å². The summed E-state index contributed by atoms with van der Waals surface area (Å²) < 4.78 is 0. The van der Waals surface area contributed by atoms with Crippen LogP contribution in [-0.4, -0.2) is 11.2 Å². The first-order valence-corrected chi connectivity index (χ1v) is 4.23. The Kier molecular flexibility index (Phi) is 2.25. The van der Waals surface area contributed by atoms with E-state index in [-0.39, 0.29) is 11.5 Å². The molecule has 0 spiro atoms. The van der Waals surface area contributed by atoms with Gasteiger partial charge in [-0.15, -0.1) is 12.3 Å². The highest BCUT2D eigenvalue weighted by Crippen LogP contribution is 2.55. The largest absolute Gasteiger partial charge is 0.393 e. The van der Waals surface area contributed by atoms with Crippen molar-refractivity contribution in [3.8, 4) is 12.3 Å². The van der Waals surface area contributed by atoms with Crippen LogP contribution in [0.25, 0.3) is 0 Å². The van der Waals surface area contributed by atoms with Gasteiger partial charge in [0.1, 0.15) is 0 Å². The van der Waals surface area contributed by atoms with E-state index in [1.807, 2.05) is 0 Å². The highest BCUT2D eigenvalue weighted by atomic mass is 16.3. The lowest BCUT2D eigenvalue weighted by atomic mass is 9.95. The van der Waals surface area contributed by atoms with Crippen molar-refractivity contribution in [1.82, 2.24) is 0 Å². The van der Waals surface area contributed by atoms with Gasteiger partial charge in [-0.2, -0.15) is 0 Å². The van der Waals surface area contributed by atoms with Crippen LogP contribution in [0.1, 0.15) is 33.1 Å². The van der Waals surface area contributed by atoms with Crippen molar-refractivity contribution in [2.45, 2.75) is 39.2 Å². The first-order chi connectivity index (χ1) is 5.11. The molecule has 0 aromatic carbocycles. The first-order valence-electron chi connectivity index (χ1n) is 4.23. The smallest absolute Gasteiger partial charge is 0.0605 e. The SMILES string of the molecule is C#CCCC(O)[C@@]1(C)C[C@@H]1C. The summed E-state index contributed by atoms with van der Waals surface area (Å²) in [6.07, 6.45) is 7.54. The van der Waals surface area contributed by atoms with E-state index in [0.717, 1.165) is 12.8 Å². The van der Waals surface area contributed by atoms with E-state index in [4.69, 9.17) is 6.42 Å². The molecule has 0 heterocycles. The summed E-state index contributed by atoms with van der Waals surface area (Å²) in [6.45, 7) is 4.32. The molecule has 1 nitrogen and oxygen atoms in total. The number of terminal acetylenes is 1. The van der Waals surface area contributed by atoms with E-state index >= 15 is 0 Å². The number of hydrogen-bond donors (Lipinski definition) is 1. The molecule has 62 valence electrons. The highest BCUT2D eigenvalue weighted by molar-refractivity contribution is 5.02. The van der Waals surface area contributed by atoms with Crippen LogP contribution in [0.5, 0.6) is 0 Å².